The maximum atomic E-state index is 12.2. The van der Waals surface area contributed by atoms with Gasteiger partial charge in [-0.05, 0) is 31.1 Å². The van der Waals surface area contributed by atoms with Gasteiger partial charge in [0.25, 0.3) is 0 Å². The van der Waals surface area contributed by atoms with Crippen molar-refractivity contribution in [2.45, 2.75) is 19.4 Å². The highest BCUT2D eigenvalue weighted by Gasteiger charge is 2.37. The predicted octanol–water partition coefficient (Wildman–Crippen LogP) is 3.33. The molecular formula is C15H15Cl2NO3. The lowest BCUT2D eigenvalue weighted by Gasteiger charge is -2.21. The lowest BCUT2D eigenvalue weighted by atomic mass is 10.0. The van der Waals surface area contributed by atoms with Gasteiger partial charge in [-0.25, -0.2) is 0 Å². The molecule has 0 spiro atoms. The van der Waals surface area contributed by atoms with E-state index in [0.717, 1.165) is 0 Å². The summed E-state index contributed by atoms with van der Waals surface area (Å²) >= 11 is 12.0. The van der Waals surface area contributed by atoms with Gasteiger partial charge in [0.15, 0.2) is 0 Å². The normalized spacial score (nSPS) is 22.0. The van der Waals surface area contributed by atoms with Crippen molar-refractivity contribution in [2.24, 2.45) is 5.92 Å². The van der Waals surface area contributed by atoms with Crippen LogP contribution in [-0.2, 0) is 9.59 Å². The molecule has 2 atom stereocenters. The molecule has 112 valence electrons. The van der Waals surface area contributed by atoms with Crippen LogP contribution in [0.5, 0.6) is 0 Å². The highest BCUT2D eigenvalue weighted by Crippen LogP contribution is 2.27. The van der Waals surface area contributed by atoms with Crippen LogP contribution in [0.2, 0.25) is 10.0 Å². The molecule has 1 aromatic carbocycles. The number of hydrogen-bond acceptors (Lipinski definition) is 2. The second kappa shape index (κ2) is 6.50. The highest BCUT2D eigenvalue weighted by molar-refractivity contribution is 6.42. The number of amides is 1. The van der Waals surface area contributed by atoms with Crippen molar-refractivity contribution >= 4 is 41.2 Å². The molecule has 1 amide bonds. The molecule has 1 fully saturated rings. The van der Waals surface area contributed by atoms with E-state index in [0.29, 0.717) is 28.6 Å². The van der Waals surface area contributed by atoms with Crippen LogP contribution >= 0.6 is 23.2 Å². The van der Waals surface area contributed by atoms with Crippen LogP contribution in [0.4, 0.5) is 0 Å². The van der Waals surface area contributed by atoms with E-state index in [4.69, 9.17) is 28.3 Å². The van der Waals surface area contributed by atoms with Gasteiger partial charge < -0.3 is 10.0 Å². The summed E-state index contributed by atoms with van der Waals surface area (Å²) in [5.41, 5.74) is 0.652. The van der Waals surface area contributed by atoms with Gasteiger partial charge in [-0.2, -0.15) is 0 Å². The minimum atomic E-state index is -0.861. The summed E-state index contributed by atoms with van der Waals surface area (Å²) in [5, 5.41) is 9.88. The van der Waals surface area contributed by atoms with Gasteiger partial charge in [-0.15, -0.1) is 0 Å². The van der Waals surface area contributed by atoms with E-state index in [9.17, 15) is 9.59 Å². The quantitative estimate of drug-likeness (QED) is 0.866. The maximum absolute atomic E-state index is 12.2. The van der Waals surface area contributed by atoms with Crippen LogP contribution in [0.1, 0.15) is 18.9 Å². The molecule has 1 aliphatic heterocycles. The van der Waals surface area contributed by atoms with E-state index in [1.165, 1.54) is 6.08 Å². The Morgan fingerprint density at radius 2 is 2.10 bits per heavy atom. The van der Waals surface area contributed by atoms with Crippen LogP contribution in [0, 0.1) is 5.92 Å². The van der Waals surface area contributed by atoms with Crippen LogP contribution in [0.25, 0.3) is 6.08 Å². The van der Waals surface area contributed by atoms with Gasteiger partial charge in [0.2, 0.25) is 5.91 Å². The fourth-order valence-electron chi connectivity index (χ4n) is 2.49. The average Bonchev–Trinajstić information content (AvgIpc) is 2.82. The highest BCUT2D eigenvalue weighted by atomic mass is 35.5. The zero-order chi connectivity index (χ0) is 15.6. The molecule has 1 heterocycles. The van der Waals surface area contributed by atoms with Crippen molar-refractivity contribution in [2.75, 3.05) is 6.54 Å². The van der Waals surface area contributed by atoms with E-state index in [1.807, 2.05) is 0 Å². The summed E-state index contributed by atoms with van der Waals surface area (Å²) in [6.45, 7) is 2.20. The maximum Gasteiger partial charge on any atom is 0.308 e. The zero-order valence-electron chi connectivity index (χ0n) is 11.4. The minimum absolute atomic E-state index is 0.220. The molecule has 0 saturated carbocycles. The van der Waals surface area contributed by atoms with Gasteiger partial charge in [-0.3, -0.25) is 9.59 Å². The van der Waals surface area contributed by atoms with E-state index >= 15 is 0 Å². The molecule has 2 rings (SSSR count). The molecule has 6 heteroatoms. The Balaban J connectivity index is 2.10. The lowest BCUT2D eigenvalue weighted by Crippen LogP contribution is -2.36. The molecule has 0 aromatic heterocycles. The first-order chi connectivity index (χ1) is 9.91. The molecular weight excluding hydrogens is 313 g/mol. The summed E-state index contributed by atoms with van der Waals surface area (Å²) < 4.78 is 0. The van der Waals surface area contributed by atoms with Crippen molar-refractivity contribution < 1.29 is 14.7 Å². The third-order valence-electron chi connectivity index (χ3n) is 3.74. The lowest BCUT2D eigenvalue weighted by molar-refractivity contribution is -0.142. The van der Waals surface area contributed by atoms with Gasteiger partial charge in [0.05, 0.1) is 16.0 Å². The van der Waals surface area contributed by atoms with Crippen LogP contribution in [-0.4, -0.2) is 34.5 Å². The van der Waals surface area contributed by atoms with Crippen molar-refractivity contribution in [3.05, 3.63) is 39.9 Å². The van der Waals surface area contributed by atoms with Crippen molar-refractivity contribution in [1.82, 2.24) is 4.90 Å². The predicted molar refractivity (Wildman–Crippen MR) is 82.4 cm³/mol. The summed E-state index contributed by atoms with van der Waals surface area (Å²) in [6.07, 6.45) is 3.48. The second-order valence-electron chi connectivity index (χ2n) is 4.98. The summed E-state index contributed by atoms with van der Waals surface area (Å²) in [5.74, 6) is -1.58. The smallest absolute Gasteiger partial charge is 0.308 e. The molecule has 1 aliphatic rings. The molecule has 0 aliphatic carbocycles. The average molecular weight is 328 g/mol. The van der Waals surface area contributed by atoms with Crippen molar-refractivity contribution in [1.29, 1.82) is 0 Å². The first-order valence-corrected chi connectivity index (χ1v) is 7.33. The Bertz CT molecular complexity index is 601. The largest absolute Gasteiger partial charge is 0.481 e. The van der Waals surface area contributed by atoms with Crippen molar-refractivity contribution in [3.63, 3.8) is 0 Å². The van der Waals surface area contributed by atoms with E-state index < -0.39 is 11.9 Å². The van der Waals surface area contributed by atoms with E-state index in [1.54, 1.807) is 36.1 Å². The summed E-state index contributed by atoms with van der Waals surface area (Å²) in [4.78, 5) is 24.8. The fourth-order valence-corrected chi connectivity index (χ4v) is 2.86. The van der Waals surface area contributed by atoms with Crippen LogP contribution in [0.3, 0.4) is 0 Å². The number of carboxylic acid groups (broad SMARTS) is 1. The zero-order valence-corrected chi connectivity index (χ0v) is 12.9. The van der Waals surface area contributed by atoms with Crippen LogP contribution < -0.4 is 0 Å². The number of nitrogens with zero attached hydrogens (tertiary/aromatic N) is 1. The third kappa shape index (κ3) is 3.39. The number of hydrogen-bond donors (Lipinski definition) is 1. The van der Waals surface area contributed by atoms with Gasteiger partial charge in [-0.1, -0.05) is 35.3 Å². The van der Waals surface area contributed by atoms with Gasteiger partial charge >= 0.3 is 5.97 Å². The first-order valence-electron chi connectivity index (χ1n) is 6.57. The molecule has 0 bridgehead atoms. The standard InChI is InChI=1S/C15H15Cl2NO3/c1-9-11(15(20)21)7-8-18(9)13(19)6-5-10-3-2-4-12(16)14(10)17/h2-6,9,11H,7-8H2,1H3,(H,20,21). The number of rotatable bonds is 3. The van der Waals surface area contributed by atoms with Crippen LogP contribution in [0.15, 0.2) is 24.3 Å². The number of carbonyl (C=O) groups excluding carboxylic acids is 1. The number of halogens is 2. The number of carbonyl (C=O) groups is 2. The number of likely N-dealkylation sites (tertiary alicyclic amines) is 1. The Morgan fingerprint density at radius 3 is 2.71 bits per heavy atom. The van der Waals surface area contributed by atoms with Crippen molar-refractivity contribution in [3.8, 4) is 0 Å². The number of benzene rings is 1. The summed E-state index contributed by atoms with van der Waals surface area (Å²) in [7, 11) is 0. The Hall–Kier alpha value is -1.52. The Labute approximate surface area is 133 Å². The van der Waals surface area contributed by atoms with Gasteiger partial charge in [0.1, 0.15) is 0 Å². The molecule has 2 unspecified atom stereocenters. The van der Waals surface area contributed by atoms with E-state index in [2.05, 4.69) is 0 Å². The summed E-state index contributed by atoms with van der Waals surface area (Å²) in [6, 6.07) is 4.86. The number of carboxylic acids is 1. The Morgan fingerprint density at radius 1 is 1.38 bits per heavy atom. The second-order valence-corrected chi connectivity index (χ2v) is 5.77. The molecule has 1 N–H and O–H groups in total. The molecule has 1 saturated heterocycles. The third-order valence-corrected chi connectivity index (χ3v) is 4.58. The van der Waals surface area contributed by atoms with E-state index in [-0.39, 0.29) is 11.9 Å². The molecule has 0 radical (unpaired) electrons. The molecule has 21 heavy (non-hydrogen) atoms. The topological polar surface area (TPSA) is 57.6 Å². The Kier molecular flexibility index (Phi) is 4.91. The van der Waals surface area contributed by atoms with Gasteiger partial charge in [0, 0.05) is 18.7 Å². The fraction of sp³-hybridized carbons (Fsp3) is 0.333. The molecule has 4 nitrogen and oxygen atoms in total. The molecule has 1 aromatic rings. The first kappa shape index (κ1) is 15.9. The SMILES string of the molecule is CC1C(C(=O)O)CCN1C(=O)C=Cc1cccc(Cl)c1Cl. The minimum Gasteiger partial charge on any atom is -0.481 e. The monoisotopic (exact) mass is 327 g/mol. The number of aliphatic carboxylic acids is 1.